The molecular formula is C20H18Cl2F4N2O. The van der Waals surface area contributed by atoms with E-state index in [1.165, 1.54) is 25.1 Å². The van der Waals surface area contributed by atoms with E-state index < -0.39 is 23.7 Å². The minimum atomic E-state index is -2.65. The van der Waals surface area contributed by atoms with Crippen molar-refractivity contribution in [3.05, 3.63) is 57.6 Å². The molecule has 0 spiro atoms. The third-order valence-electron chi connectivity index (χ3n) is 4.74. The number of benzene rings is 2. The molecule has 9 heteroatoms. The summed E-state index contributed by atoms with van der Waals surface area (Å²) in [5.41, 5.74) is 7.31. The first kappa shape index (κ1) is 21.7. The molecule has 4 rings (SSSR count). The van der Waals surface area contributed by atoms with Crippen LogP contribution in [-0.2, 0) is 4.79 Å². The van der Waals surface area contributed by atoms with Crippen molar-refractivity contribution in [2.24, 2.45) is 0 Å². The summed E-state index contributed by atoms with van der Waals surface area (Å²) < 4.78 is 51.2. The molecule has 2 fully saturated rings. The highest BCUT2D eigenvalue weighted by Crippen LogP contribution is 2.58. The molecule has 2 saturated carbocycles. The Hall–Kier alpha value is -1.99. The Morgan fingerprint density at radius 1 is 0.966 bits per heavy atom. The lowest BCUT2D eigenvalue weighted by Gasteiger charge is -2.07. The maximum absolute atomic E-state index is 12.9. The molecule has 2 aliphatic carbocycles. The molecule has 3 N–H and O–H groups in total. The first-order valence-corrected chi connectivity index (χ1v) is 9.54. The van der Waals surface area contributed by atoms with Crippen molar-refractivity contribution >= 4 is 40.5 Å². The summed E-state index contributed by atoms with van der Waals surface area (Å²) in [5, 5.41) is 3.23. The van der Waals surface area contributed by atoms with Crippen molar-refractivity contribution in [2.75, 3.05) is 11.1 Å². The summed E-state index contributed by atoms with van der Waals surface area (Å²) in [6.45, 7) is 1.36. The Balaban J connectivity index is 0.000000169. The van der Waals surface area contributed by atoms with E-state index in [2.05, 4.69) is 5.32 Å². The van der Waals surface area contributed by atoms with Crippen LogP contribution < -0.4 is 11.1 Å². The maximum atomic E-state index is 12.9. The number of nitrogen functional groups attached to an aromatic ring is 1. The number of amides is 1. The molecule has 2 atom stereocenters. The SMILES string of the molecule is CC(=O)Nc1ccc(Cl)c(C2CC2(F)F)c1.Nc1ccc(Cl)c(C2CC2(F)F)c1. The van der Waals surface area contributed by atoms with E-state index in [9.17, 15) is 22.4 Å². The van der Waals surface area contributed by atoms with E-state index in [0.717, 1.165) is 0 Å². The monoisotopic (exact) mass is 448 g/mol. The number of nitrogens with one attached hydrogen (secondary N) is 1. The van der Waals surface area contributed by atoms with Gasteiger partial charge in [0.1, 0.15) is 0 Å². The Labute approximate surface area is 175 Å². The molecule has 0 bridgehead atoms. The van der Waals surface area contributed by atoms with Crippen LogP contribution in [0.3, 0.4) is 0 Å². The normalized spacial score (nSPS) is 22.9. The zero-order valence-electron chi connectivity index (χ0n) is 15.3. The molecule has 0 aliphatic heterocycles. The Kier molecular flexibility index (Phi) is 5.75. The van der Waals surface area contributed by atoms with Crippen molar-refractivity contribution in [1.29, 1.82) is 0 Å². The lowest BCUT2D eigenvalue weighted by molar-refractivity contribution is -0.114. The fraction of sp³-hybridized carbons (Fsp3) is 0.350. The van der Waals surface area contributed by atoms with Gasteiger partial charge in [0.25, 0.3) is 11.8 Å². The minimum absolute atomic E-state index is 0.115. The fourth-order valence-corrected chi connectivity index (χ4v) is 3.52. The molecule has 0 heterocycles. The molecule has 29 heavy (non-hydrogen) atoms. The van der Waals surface area contributed by atoms with Crippen LogP contribution in [0.4, 0.5) is 28.9 Å². The van der Waals surface area contributed by atoms with Gasteiger partial charge in [-0.1, -0.05) is 23.2 Å². The number of hydrogen-bond acceptors (Lipinski definition) is 2. The van der Waals surface area contributed by atoms with Crippen LogP contribution in [0.2, 0.25) is 10.0 Å². The van der Waals surface area contributed by atoms with Gasteiger partial charge in [-0.05, 0) is 47.5 Å². The summed E-state index contributed by atoms with van der Waals surface area (Å²) >= 11 is 11.6. The maximum Gasteiger partial charge on any atom is 0.255 e. The summed E-state index contributed by atoms with van der Waals surface area (Å²) in [6, 6.07) is 9.31. The average molecular weight is 449 g/mol. The van der Waals surface area contributed by atoms with Gasteiger partial charge < -0.3 is 11.1 Å². The molecule has 0 saturated heterocycles. The van der Waals surface area contributed by atoms with Crippen LogP contribution in [0.15, 0.2) is 36.4 Å². The van der Waals surface area contributed by atoms with Gasteiger partial charge >= 0.3 is 0 Å². The quantitative estimate of drug-likeness (QED) is 0.417. The molecule has 3 nitrogen and oxygen atoms in total. The summed E-state index contributed by atoms with van der Waals surface area (Å²) in [4.78, 5) is 10.8. The van der Waals surface area contributed by atoms with E-state index in [0.29, 0.717) is 32.5 Å². The Bertz CT molecular complexity index is 952. The van der Waals surface area contributed by atoms with Gasteiger partial charge in [-0.2, -0.15) is 0 Å². The third-order valence-corrected chi connectivity index (χ3v) is 5.43. The zero-order valence-corrected chi connectivity index (χ0v) is 16.8. The second-order valence-electron chi connectivity index (χ2n) is 7.23. The summed E-state index contributed by atoms with van der Waals surface area (Å²) in [7, 11) is 0. The van der Waals surface area contributed by atoms with Crippen molar-refractivity contribution in [1.82, 2.24) is 0 Å². The van der Waals surface area contributed by atoms with Crippen LogP contribution >= 0.6 is 23.2 Å². The van der Waals surface area contributed by atoms with Crippen LogP contribution in [0, 0.1) is 0 Å². The second kappa shape index (κ2) is 7.69. The van der Waals surface area contributed by atoms with E-state index in [1.54, 1.807) is 18.2 Å². The largest absolute Gasteiger partial charge is 0.399 e. The van der Waals surface area contributed by atoms with Crippen molar-refractivity contribution in [3.8, 4) is 0 Å². The van der Waals surface area contributed by atoms with Crippen LogP contribution in [0.5, 0.6) is 0 Å². The van der Waals surface area contributed by atoms with E-state index in [1.807, 2.05) is 0 Å². The van der Waals surface area contributed by atoms with E-state index in [4.69, 9.17) is 28.9 Å². The molecule has 156 valence electrons. The summed E-state index contributed by atoms with van der Waals surface area (Å²) in [6.07, 6.45) is -0.285. The smallest absolute Gasteiger partial charge is 0.255 e. The topological polar surface area (TPSA) is 55.1 Å². The molecule has 2 aliphatic rings. The predicted molar refractivity (Wildman–Crippen MR) is 106 cm³/mol. The summed E-state index contributed by atoms with van der Waals surface area (Å²) in [5.74, 6) is -7.02. The van der Waals surface area contributed by atoms with Gasteiger partial charge in [-0.15, -0.1) is 0 Å². The number of nitrogens with two attached hydrogens (primary N) is 1. The predicted octanol–water partition coefficient (Wildman–Crippen LogP) is 6.47. The minimum Gasteiger partial charge on any atom is -0.399 e. The lowest BCUT2D eigenvalue weighted by atomic mass is 10.1. The van der Waals surface area contributed by atoms with Crippen LogP contribution in [0.1, 0.15) is 42.7 Å². The molecule has 0 radical (unpaired) electrons. The number of hydrogen-bond donors (Lipinski definition) is 2. The standard InChI is InChI=1S/C11H10ClF2NO.C9H8ClF2N/c1-6(16)15-7-2-3-10(12)8(4-7)9-5-11(9,13)14;10-8-2-1-5(13)3-6(8)7-4-9(7,11)12/h2-4,9H,5H2,1H3,(H,15,16);1-3,7H,4,13H2. The fourth-order valence-electron chi connectivity index (χ4n) is 3.02. The van der Waals surface area contributed by atoms with Crippen molar-refractivity contribution in [2.45, 2.75) is 43.4 Å². The highest BCUT2D eigenvalue weighted by molar-refractivity contribution is 6.32. The lowest BCUT2D eigenvalue weighted by Crippen LogP contribution is -2.06. The molecule has 1 amide bonds. The number of rotatable bonds is 3. The third kappa shape index (κ3) is 5.14. The van der Waals surface area contributed by atoms with Crippen molar-refractivity contribution < 1.29 is 22.4 Å². The second-order valence-corrected chi connectivity index (χ2v) is 8.05. The number of anilines is 2. The Morgan fingerprint density at radius 2 is 1.41 bits per heavy atom. The number of alkyl halides is 4. The van der Waals surface area contributed by atoms with Crippen molar-refractivity contribution in [3.63, 3.8) is 0 Å². The molecule has 2 unspecified atom stereocenters. The van der Waals surface area contributed by atoms with Gasteiger partial charge in [0.05, 0.1) is 11.8 Å². The number of halogens is 6. The highest BCUT2D eigenvalue weighted by atomic mass is 35.5. The van der Waals surface area contributed by atoms with Gasteiger partial charge in [0.2, 0.25) is 5.91 Å². The number of carbonyl (C=O) groups is 1. The molecule has 0 aromatic heterocycles. The van der Waals surface area contributed by atoms with Gasteiger partial charge in [0, 0.05) is 41.2 Å². The zero-order chi connectivity index (χ0) is 21.6. The highest BCUT2D eigenvalue weighted by Gasteiger charge is 2.58. The first-order chi connectivity index (χ1) is 13.4. The first-order valence-electron chi connectivity index (χ1n) is 8.78. The van der Waals surface area contributed by atoms with Gasteiger partial charge in [-0.25, -0.2) is 17.6 Å². The number of carbonyl (C=O) groups excluding carboxylic acids is 1. The van der Waals surface area contributed by atoms with Gasteiger partial charge in [0.15, 0.2) is 0 Å². The Morgan fingerprint density at radius 3 is 1.86 bits per heavy atom. The molecule has 2 aromatic rings. The molecule has 2 aromatic carbocycles. The average Bonchev–Trinajstić information content (AvgIpc) is 3.45. The van der Waals surface area contributed by atoms with Crippen LogP contribution in [-0.4, -0.2) is 17.8 Å². The van der Waals surface area contributed by atoms with Gasteiger partial charge in [-0.3, -0.25) is 4.79 Å². The van der Waals surface area contributed by atoms with E-state index >= 15 is 0 Å². The van der Waals surface area contributed by atoms with Crippen LogP contribution in [0.25, 0.3) is 0 Å². The van der Waals surface area contributed by atoms with E-state index in [-0.39, 0.29) is 18.7 Å². The molecular weight excluding hydrogens is 431 g/mol.